The molecule has 5 nitrogen and oxygen atoms in total. The number of carbonyl (C=O) groups is 1. The lowest BCUT2D eigenvalue weighted by atomic mass is 10.2. The van der Waals surface area contributed by atoms with Crippen molar-refractivity contribution in [1.29, 1.82) is 5.26 Å². The van der Waals surface area contributed by atoms with E-state index in [0.29, 0.717) is 5.75 Å². The van der Waals surface area contributed by atoms with Crippen LogP contribution in [0.2, 0.25) is 0 Å². The average Bonchev–Trinajstić information content (AvgIpc) is 2.39. The zero-order valence-corrected chi connectivity index (χ0v) is 9.59. The van der Waals surface area contributed by atoms with Crippen molar-refractivity contribution in [3.8, 4) is 11.8 Å². The van der Waals surface area contributed by atoms with Gasteiger partial charge in [-0.05, 0) is 24.3 Å². The van der Waals surface area contributed by atoms with Crippen LogP contribution < -0.4 is 10.1 Å². The average molecular weight is 241 g/mol. The minimum absolute atomic E-state index is 0.261. The molecule has 0 bridgehead atoms. The molecule has 90 valence electrons. The third-order valence-corrected chi connectivity index (χ3v) is 2.29. The second-order valence-electron chi connectivity index (χ2n) is 3.58. The maximum absolute atomic E-state index is 11.4. The van der Waals surface area contributed by atoms with Crippen LogP contribution in [0.15, 0.2) is 36.5 Å². The van der Waals surface area contributed by atoms with E-state index in [1.54, 1.807) is 24.4 Å². The van der Waals surface area contributed by atoms with Crippen molar-refractivity contribution in [1.82, 2.24) is 10.3 Å². The summed E-state index contributed by atoms with van der Waals surface area (Å²) >= 11 is 0. The van der Waals surface area contributed by atoms with Crippen LogP contribution in [0.3, 0.4) is 0 Å². The first-order valence-corrected chi connectivity index (χ1v) is 5.47. The van der Waals surface area contributed by atoms with Gasteiger partial charge in [-0.25, -0.2) is 4.79 Å². The fraction of sp³-hybridized carbons (Fsp3) is 0.154. The number of nitriles is 1. The number of carbonyl (C=O) groups excluding carboxylic acids is 1. The van der Waals surface area contributed by atoms with E-state index in [0.717, 1.165) is 10.9 Å². The molecule has 2 rings (SSSR count). The highest BCUT2D eigenvalue weighted by Crippen LogP contribution is 2.18. The number of benzene rings is 1. The molecule has 1 amide bonds. The predicted molar refractivity (Wildman–Crippen MR) is 66.0 cm³/mol. The third-order valence-electron chi connectivity index (χ3n) is 2.29. The number of nitrogens with one attached hydrogen (secondary N) is 1. The van der Waals surface area contributed by atoms with Gasteiger partial charge in [0.25, 0.3) is 0 Å². The highest BCUT2D eigenvalue weighted by molar-refractivity contribution is 5.81. The van der Waals surface area contributed by atoms with Gasteiger partial charge in [0.05, 0.1) is 18.0 Å². The molecule has 1 heterocycles. The Balaban J connectivity index is 2.03. The Kier molecular flexibility index (Phi) is 3.72. The molecule has 18 heavy (non-hydrogen) atoms. The molecule has 0 aliphatic carbocycles. The molecule has 5 heteroatoms. The van der Waals surface area contributed by atoms with Gasteiger partial charge >= 0.3 is 6.09 Å². The van der Waals surface area contributed by atoms with E-state index in [-0.39, 0.29) is 13.0 Å². The fourth-order valence-corrected chi connectivity index (χ4v) is 1.48. The molecule has 0 unspecified atom stereocenters. The lowest BCUT2D eigenvalue weighted by Crippen LogP contribution is -2.27. The van der Waals surface area contributed by atoms with Crippen LogP contribution in [0.25, 0.3) is 10.9 Å². The van der Waals surface area contributed by atoms with Crippen LogP contribution in [-0.2, 0) is 0 Å². The Hall–Kier alpha value is -2.61. The number of aromatic nitrogens is 1. The van der Waals surface area contributed by atoms with Gasteiger partial charge in [0.15, 0.2) is 0 Å². The SMILES string of the molecule is N#CCCNC(=O)Oc1ccc2ncccc2c1. The van der Waals surface area contributed by atoms with Crippen molar-refractivity contribution in [3.63, 3.8) is 0 Å². The molecule has 0 aliphatic rings. The van der Waals surface area contributed by atoms with Gasteiger partial charge in [-0.3, -0.25) is 4.98 Å². The Morgan fingerprint density at radius 2 is 2.33 bits per heavy atom. The summed E-state index contributed by atoms with van der Waals surface area (Å²) in [5.41, 5.74) is 0.842. The number of rotatable bonds is 3. The summed E-state index contributed by atoms with van der Waals surface area (Å²) in [7, 11) is 0. The van der Waals surface area contributed by atoms with Crippen LogP contribution in [0.4, 0.5) is 4.79 Å². The van der Waals surface area contributed by atoms with Crippen LogP contribution in [0.1, 0.15) is 6.42 Å². The molecule has 1 aromatic heterocycles. The van der Waals surface area contributed by atoms with Gasteiger partial charge in [-0.1, -0.05) is 6.07 Å². The van der Waals surface area contributed by atoms with E-state index in [4.69, 9.17) is 10.00 Å². The maximum Gasteiger partial charge on any atom is 0.412 e. The quantitative estimate of drug-likeness (QED) is 0.836. The second-order valence-corrected chi connectivity index (χ2v) is 3.58. The van der Waals surface area contributed by atoms with Gasteiger partial charge in [0.2, 0.25) is 0 Å². The van der Waals surface area contributed by atoms with Gasteiger partial charge in [0, 0.05) is 18.1 Å². The molecule has 1 aromatic carbocycles. The van der Waals surface area contributed by atoms with E-state index < -0.39 is 6.09 Å². The van der Waals surface area contributed by atoms with Crippen molar-refractivity contribution >= 4 is 17.0 Å². The predicted octanol–water partition coefficient (Wildman–Crippen LogP) is 2.24. The molecule has 0 saturated carbocycles. The molecule has 2 aromatic rings. The molecule has 0 radical (unpaired) electrons. The topological polar surface area (TPSA) is 75.0 Å². The summed E-state index contributed by atoms with van der Waals surface area (Å²) in [5, 5.41) is 11.7. The number of hydrogen-bond donors (Lipinski definition) is 1. The minimum Gasteiger partial charge on any atom is -0.410 e. The number of pyridine rings is 1. The van der Waals surface area contributed by atoms with Crippen LogP contribution in [0.5, 0.6) is 5.75 Å². The van der Waals surface area contributed by atoms with Gasteiger partial charge in [-0.15, -0.1) is 0 Å². The summed E-state index contributed by atoms with van der Waals surface area (Å²) in [6.07, 6.45) is 1.40. The number of ether oxygens (including phenoxy) is 1. The molecule has 0 aliphatic heterocycles. The number of amides is 1. The van der Waals surface area contributed by atoms with Crippen molar-refractivity contribution in [2.24, 2.45) is 0 Å². The summed E-state index contributed by atoms with van der Waals surface area (Å²) in [6, 6.07) is 10.8. The van der Waals surface area contributed by atoms with E-state index >= 15 is 0 Å². The number of nitrogens with zero attached hydrogens (tertiary/aromatic N) is 2. The summed E-state index contributed by atoms with van der Waals surface area (Å²) in [4.78, 5) is 15.5. The van der Waals surface area contributed by atoms with Crippen molar-refractivity contribution in [2.75, 3.05) is 6.54 Å². The molecule has 1 N–H and O–H groups in total. The van der Waals surface area contributed by atoms with Crippen LogP contribution >= 0.6 is 0 Å². The highest BCUT2D eigenvalue weighted by Gasteiger charge is 2.04. The molecular weight excluding hydrogens is 230 g/mol. The number of hydrogen-bond acceptors (Lipinski definition) is 4. The van der Waals surface area contributed by atoms with Gasteiger partial charge in [-0.2, -0.15) is 5.26 Å². The molecule has 0 atom stereocenters. The first-order chi connectivity index (χ1) is 8.79. The normalized spacial score (nSPS) is 9.72. The molecule has 0 saturated heterocycles. The zero-order valence-electron chi connectivity index (χ0n) is 9.59. The lowest BCUT2D eigenvalue weighted by Gasteiger charge is -2.05. The van der Waals surface area contributed by atoms with Crippen molar-refractivity contribution in [3.05, 3.63) is 36.5 Å². The van der Waals surface area contributed by atoms with Crippen LogP contribution in [-0.4, -0.2) is 17.6 Å². The monoisotopic (exact) mass is 241 g/mol. The van der Waals surface area contributed by atoms with Crippen LogP contribution in [0, 0.1) is 11.3 Å². The van der Waals surface area contributed by atoms with Crippen molar-refractivity contribution < 1.29 is 9.53 Å². The molecule has 0 spiro atoms. The summed E-state index contributed by atoms with van der Waals surface area (Å²) < 4.78 is 5.08. The highest BCUT2D eigenvalue weighted by atomic mass is 16.5. The first kappa shape index (κ1) is 11.9. The minimum atomic E-state index is -0.562. The van der Waals surface area contributed by atoms with Crippen molar-refractivity contribution in [2.45, 2.75) is 6.42 Å². The third kappa shape index (κ3) is 2.95. The molecular formula is C13H11N3O2. The lowest BCUT2D eigenvalue weighted by molar-refractivity contribution is 0.201. The summed E-state index contributed by atoms with van der Waals surface area (Å²) in [6.45, 7) is 0.282. The van der Waals surface area contributed by atoms with E-state index in [2.05, 4.69) is 10.3 Å². The summed E-state index contributed by atoms with van der Waals surface area (Å²) in [5.74, 6) is 0.449. The van der Waals surface area contributed by atoms with E-state index in [1.807, 2.05) is 18.2 Å². The largest absolute Gasteiger partial charge is 0.412 e. The fourth-order valence-electron chi connectivity index (χ4n) is 1.48. The van der Waals surface area contributed by atoms with Gasteiger partial charge < -0.3 is 10.1 Å². The Morgan fingerprint density at radius 1 is 1.44 bits per heavy atom. The number of fused-ring (bicyclic) bond motifs is 1. The maximum atomic E-state index is 11.4. The standard InChI is InChI=1S/C13H11N3O2/c14-6-2-8-16-13(17)18-11-4-5-12-10(9-11)3-1-7-15-12/h1,3-5,7,9H,2,8H2,(H,16,17). The van der Waals surface area contributed by atoms with E-state index in [9.17, 15) is 4.79 Å². The van der Waals surface area contributed by atoms with E-state index in [1.165, 1.54) is 0 Å². The Bertz CT molecular complexity index is 604. The second kappa shape index (κ2) is 5.64. The first-order valence-electron chi connectivity index (χ1n) is 5.47. The Morgan fingerprint density at radius 3 is 3.17 bits per heavy atom. The van der Waals surface area contributed by atoms with Gasteiger partial charge in [0.1, 0.15) is 5.75 Å². The smallest absolute Gasteiger partial charge is 0.410 e. The molecule has 0 fully saturated rings. The Labute approximate surface area is 104 Å². The zero-order chi connectivity index (χ0) is 12.8.